The van der Waals surface area contributed by atoms with Crippen LogP contribution in [-0.2, 0) is 14.8 Å². The summed E-state index contributed by atoms with van der Waals surface area (Å²) in [7, 11) is -3.79. The fourth-order valence-electron chi connectivity index (χ4n) is 2.40. The maximum absolute atomic E-state index is 11.6. The van der Waals surface area contributed by atoms with Crippen LogP contribution in [0.15, 0.2) is 44.1 Å². The zero-order valence-corrected chi connectivity index (χ0v) is 15.2. The number of carbonyl (C=O) groups is 2. The van der Waals surface area contributed by atoms with Crippen LogP contribution in [0, 0.1) is 0 Å². The van der Waals surface area contributed by atoms with Crippen LogP contribution in [0.1, 0.15) is 5.76 Å². The Morgan fingerprint density at radius 2 is 2.04 bits per heavy atom. The number of rotatable bonds is 3. The van der Waals surface area contributed by atoms with Crippen molar-refractivity contribution in [2.75, 3.05) is 0 Å². The summed E-state index contributed by atoms with van der Waals surface area (Å²) in [6.07, 6.45) is 4.62. The minimum atomic E-state index is -3.79. The maximum Gasteiger partial charge on any atom is 0.290 e. The first-order valence-corrected chi connectivity index (χ1v) is 10.2. The Balaban J connectivity index is 1.79. The third-order valence-electron chi connectivity index (χ3n) is 3.48. The molecule has 4 rings (SSSR count). The van der Waals surface area contributed by atoms with Crippen LogP contribution in [-0.4, -0.2) is 24.5 Å². The van der Waals surface area contributed by atoms with E-state index in [1.165, 1.54) is 12.1 Å². The van der Waals surface area contributed by atoms with Crippen molar-refractivity contribution in [3.05, 3.63) is 41.3 Å². The standard InChI is InChI=1S/C15H9N3O5S3/c16-26(21,22)12-2-1-10(24-12)9-6-17-5-7-3-8(23-13(7)9)4-11-14(19)18-15(20)25-11/h1-6H,(H2,16,21,22)(H,18,19,20)/b11-4+. The highest BCUT2D eigenvalue weighted by molar-refractivity contribution is 8.18. The van der Waals surface area contributed by atoms with E-state index in [1.807, 2.05) is 0 Å². The molecule has 132 valence electrons. The predicted octanol–water partition coefficient (Wildman–Crippen LogP) is 2.53. The number of sulfonamides is 1. The molecule has 1 fully saturated rings. The van der Waals surface area contributed by atoms with E-state index in [4.69, 9.17) is 9.56 Å². The van der Waals surface area contributed by atoms with Gasteiger partial charge in [-0.05, 0) is 30.0 Å². The molecule has 0 aromatic carbocycles. The summed E-state index contributed by atoms with van der Waals surface area (Å²) in [4.78, 5) is 27.9. The zero-order chi connectivity index (χ0) is 18.5. The number of thiophene rings is 1. The van der Waals surface area contributed by atoms with Gasteiger partial charge in [0, 0.05) is 28.7 Å². The molecule has 3 N–H and O–H groups in total. The molecule has 0 atom stereocenters. The van der Waals surface area contributed by atoms with Crippen LogP contribution in [0.2, 0.25) is 0 Å². The summed E-state index contributed by atoms with van der Waals surface area (Å²) in [6, 6.07) is 4.73. The number of pyridine rings is 1. The number of hydrogen-bond acceptors (Lipinski definition) is 8. The zero-order valence-electron chi connectivity index (χ0n) is 12.8. The lowest BCUT2D eigenvalue weighted by molar-refractivity contribution is -0.115. The number of aromatic nitrogens is 1. The van der Waals surface area contributed by atoms with Crippen molar-refractivity contribution in [2.24, 2.45) is 5.14 Å². The molecule has 26 heavy (non-hydrogen) atoms. The van der Waals surface area contributed by atoms with Crippen LogP contribution in [0.25, 0.3) is 27.5 Å². The van der Waals surface area contributed by atoms with E-state index in [1.54, 1.807) is 24.5 Å². The van der Waals surface area contributed by atoms with Crippen LogP contribution in [0.4, 0.5) is 4.79 Å². The molecule has 0 radical (unpaired) electrons. The van der Waals surface area contributed by atoms with Crippen LogP contribution >= 0.6 is 23.1 Å². The van der Waals surface area contributed by atoms with E-state index in [0.29, 0.717) is 27.2 Å². The van der Waals surface area contributed by atoms with Crippen molar-refractivity contribution in [1.29, 1.82) is 0 Å². The summed E-state index contributed by atoms with van der Waals surface area (Å²) >= 11 is 1.80. The molecule has 0 bridgehead atoms. The lowest BCUT2D eigenvalue weighted by Gasteiger charge is -1.98. The third-order valence-corrected chi connectivity index (χ3v) is 6.85. The van der Waals surface area contributed by atoms with Crippen molar-refractivity contribution in [1.82, 2.24) is 10.3 Å². The summed E-state index contributed by atoms with van der Waals surface area (Å²) < 4.78 is 28.8. The summed E-state index contributed by atoms with van der Waals surface area (Å²) in [5, 5.41) is 7.56. The number of furan rings is 1. The molecule has 1 aliphatic rings. The van der Waals surface area contributed by atoms with Gasteiger partial charge in [-0.25, -0.2) is 13.6 Å². The number of fused-ring (bicyclic) bond motifs is 1. The number of thioether (sulfide) groups is 1. The first-order chi connectivity index (χ1) is 12.3. The Morgan fingerprint density at radius 1 is 1.23 bits per heavy atom. The first kappa shape index (κ1) is 17.0. The number of primary sulfonamides is 1. The fraction of sp³-hybridized carbons (Fsp3) is 0. The molecule has 2 amide bonds. The van der Waals surface area contributed by atoms with Gasteiger partial charge in [0.25, 0.3) is 11.1 Å². The van der Waals surface area contributed by atoms with Crippen molar-refractivity contribution < 1.29 is 22.4 Å². The Bertz CT molecular complexity index is 1210. The number of hydrogen-bond donors (Lipinski definition) is 2. The molecule has 0 spiro atoms. The summed E-state index contributed by atoms with van der Waals surface area (Å²) in [5.41, 5.74) is 1.09. The normalized spacial score (nSPS) is 16.6. The second kappa shape index (κ2) is 6.06. The van der Waals surface area contributed by atoms with Gasteiger partial charge in [-0.3, -0.25) is 19.9 Å². The number of nitrogens with two attached hydrogens (primary N) is 1. The van der Waals surface area contributed by atoms with Gasteiger partial charge < -0.3 is 4.42 Å². The van der Waals surface area contributed by atoms with Crippen LogP contribution in [0.5, 0.6) is 0 Å². The Hall–Kier alpha value is -2.47. The highest BCUT2D eigenvalue weighted by Gasteiger charge is 2.25. The molecule has 3 aromatic rings. The van der Waals surface area contributed by atoms with Gasteiger partial charge in [-0.15, -0.1) is 11.3 Å². The quantitative estimate of drug-likeness (QED) is 0.638. The lowest BCUT2D eigenvalue weighted by atomic mass is 10.2. The van der Waals surface area contributed by atoms with E-state index in [9.17, 15) is 18.0 Å². The Labute approximate surface area is 155 Å². The average molecular weight is 407 g/mol. The fourth-order valence-corrected chi connectivity index (χ4v) is 4.80. The smallest absolute Gasteiger partial charge is 0.290 e. The number of carbonyl (C=O) groups excluding carboxylic acids is 2. The van der Waals surface area contributed by atoms with Crippen molar-refractivity contribution in [3.8, 4) is 10.4 Å². The third kappa shape index (κ3) is 3.05. The van der Waals surface area contributed by atoms with Crippen molar-refractivity contribution in [2.45, 2.75) is 4.21 Å². The van der Waals surface area contributed by atoms with Gasteiger partial charge in [-0.2, -0.15) is 0 Å². The summed E-state index contributed by atoms with van der Waals surface area (Å²) in [5.74, 6) is -0.0975. The van der Waals surface area contributed by atoms with Gasteiger partial charge in [0.1, 0.15) is 15.6 Å². The first-order valence-electron chi connectivity index (χ1n) is 7.07. The van der Waals surface area contributed by atoms with Crippen molar-refractivity contribution >= 4 is 61.3 Å². The Kier molecular flexibility index (Phi) is 3.95. The molecule has 0 saturated carbocycles. The van der Waals surface area contributed by atoms with Gasteiger partial charge in [-0.1, -0.05) is 0 Å². The topological polar surface area (TPSA) is 132 Å². The second-order valence-corrected chi connectivity index (χ2v) is 9.16. The molecular weight excluding hydrogens is 398 g/mol. The minimum Gasteiger partial charge on any atom is -0.456 e. The summed E-state index contributed by atoms with van der Waals surface area (Å²) in [6.45, 7) is 0. The maximum atomic E-state index is 11.6. The van der Waals surface area contributed by atoms with E-state index >= 15 is 0 Å². The van der Waals surface area contributed by atoms with E-state index < -0.39 is 21.2 Å². The highest BCUT2D eigenvalue weighted by Crippen LogP contribution is 2.36. The van der Waals surface area contributed by atoms with Gasteiger partial charge in [0.2, 0.25) is 10.0 Å². The van der Waals surface area contributed by atoms with Gasteiger partial charge in [0.05, 0.1) is 10.5 Å². The van der Waals surface area contributed by atoms with E-state index in [0.717, 1.165) is 23.1 Å². The Morgan fingerprint density at radius 3 is 2.69 bits per heavy atom. The van der Waals surface area contributed by atoms with Crippen LogP contribution < -0.4 is 10.5 Å². The van der Waals surface area contributed by atoms with E-state index in [-0.39, 0.29) is 9.11 Å². The molecule has 8 nitrogen and oxygen atoms in total. The molecule has 3 aromatic heterocycles. The molecule has 1 saturated heterocycles. The SMILES string of the molecule is NS(=O)(=O)c1ccc(-c2cncc3cc(/C=C4/SC(=O)NC4=O)oc23)s1. The molecule has 4 heterocycles. The van der Waals surface area contributed by atoms with Gasteiger partial charge in [0.15, 0.2) is 0 Å². The second-order valence-electron chi connectivity index (χ2n) is 5.27. The number of nitrogens with one attached hydrogen (secondary N) is 1. The van der Waals surface area contributed by atoms with Gasteiger partial charge >= 0.3 is 0 Å². The number of imide groups is 1. The molecule has 0 aliphatic carbocycles. The monoisotopic (exact) mass is 407 g/mol. The number of amides is 2. The lowest BCUT2D eigenvalue weighted by Crippen LogP contribution is -2.17. The minimum absolute atomic E-state index is 0.0379. The number of nitrogens with zero attached hydrogens (tertiary/aromatic N) is 1. The molecular formula is C15H9N3O5S3. The largest absolute Gasteiger partial charge is 0.456 e. The average Bonchev–Trinajstić information content (AvgIpc) is 3.25. The van der Waals surface area contributed by atoms with E-state index in [2.05, 4.69) is 10.3 Å². The highest BCUT2D eigenvalue weighted by atomic mass is 32.2. The molecule has 11 heteroatoms. The van der Waals surface area contributed by atoms with Crippen molar-refractivity contribution in [3.63, 3.8) is 0 Å². The molecule has 0 unspecified atom stereocenters. The van der Waals surface area contributed by atoms with Crippen LogP contribution in [0.3, 0.4) is 0 Å². The predicted molar refractivity (Wildman–Crippen MR) is 97.8 cm³/mol. The molecule has 1 aliphatic heterocycles.